The van der Waals surface area contributed by atoms with E-state index in [1.807, 2.05) is 4.90 Å². The van der Waals surface area contributed by atoms with Crippen molar-refractivity contribution < 1.29 is 22.9 Å². The number of amides is 1. The number of hydrogen-bond acceptors (Lipinski definition) is 5. The summed E-state index contributed by atoms with van der Waals surface area (Å²) in [5, 5.41) is 17.2. The van der Waals surface area contributed by atoms with Gasteiger partial charge in [-0.15, -0.1) is 0 Å². The Labute approximate surface area is 158 Å². The Bertz CT molecular complexity index is 879. The van der Waals surface area contributed by atoms with Gasteiger partial charge in [0.15, 0.2) is 0 Å². The van der Waals surface area contributed by atoms with Gasteiger partial charge in [-0.3, -0.25) is 14.9 Å². The lowest BCUT2D eigenvalue weighted by Crippen LogP contribution is -2.43. The van der Waals surface area contributed by atoms with Crippen LogP contribution in [0.4, 0.5) is 30.2 Å². The summed E-state index contributed by atoms with van der Waals surface area (Å²) in [4.78, 5) is 25.5. The number of para-hydroxylation sites is 1. The number of nitrogens with zero attached hydrogens (tertiary/aromatic N) is 2. The molecular weight excluding hydrogens is 377 g/mol. The molecular formula is C18H17F3N4O3. The maximum atomic E-state index is 12.6. The van der Waals surface area contributed by atoms with Gasteiger partial charge in [-0.1, -0.05) is 6.07 Å². The van der Waals surface area contributed by atoms with Gasteiger partial charge in [-0.05, 0) is 36.4 Å². The highest BCUT2D eigenvalue weighted by molar-refractivity contribution is 6.08. The molecule has 0 aromatic heterocycles. The number of anilines is 2. The average Bonchev–Trinajstić information content (AvgIpc) is 2.67. The number of rotatable bonds is 4. The Morgan fingerprint density at radius 3 is 2.32 bits per heavy atom. The van der Waals surface area contributed by atoms with Gasteiger partial charge in [0.25, 0.3) is 5.91 Å². The van der Waals surface area contributed by atoms with Crippen LogP contribution < -0.4 is 15.5 Å². The second kappa shape index (κ2) is 7.85. The van der Waals surface area contributed by atoms with Gasteiger partial charge in [-0.25, -0.2) is 0 Å². The van der Waals surface area contributed by atoms with E-state index in [4.69, 9.17) is 0 Å². The van der Waals surface area contributed by atoms with Gasteiger partial charge >= 0.3 is 11.9 Å². The molecule has 0 saturated carbocycles. The fourth-order valence-corrected chi connectivity index (χ4v) is 3.01. The molecule has 148 valence electrons. The number of benzene rings is 2. The van der Waals surface area contributed by atoms with Crippen LogP contribution in [0.2, 0.25) is 0 Å². The summed E-state index contributed by atoms with van der Waals surface area (Å²) in [6.07, 6.45) is -4.49. The van der Waals surface area contributed by atoms with Crippen LogP contribution in [0.15, 0.2) is 42.5 Å². The zero-order chi connectivity index (χ0) is 20.3. The largest absolute Gasteiger partial charge is 0.416 e. The third-order valence-corrected chi connectivity index (χ3v) is 4.37. The molecule has 1 heterocycles. The smallest absolute Gasteiger partial charge is 0.363 e. The molecule has 1 saturated heterocycles. The minimum atomic E-state index is -4.49. The van der Waals surface area contributed by atoms with Crippen molar-refractivity contribution in [2.45, 2.75) is 6.18 Å². The maximum absolute atomic E-state index is 12.6. The first kappa shape index (κ1) is 19.6. The fourth-order valence-electron chi connectivity index (χ4n) is 3.01. The minimum absolute atomic E-state index is 0.111. The topological polar surface area (TPSA) is 87.5 Å². The molecule has 0 atom stereocenters. The molecule has 1 fully saturated rings. The number of alkyl halides is 3. The molecule has 28 heavy (non-hydrogen) atoms. The Morgan fingerprint density at radius 1 is 1.11 bits per heavy atom. The summed E-state index contributed by atoms with van der Waals surface area (Å²) in [5.41, 5.74) is -0.877. The van der Waals surface area contributed by atoms with E-state index >= 15 is 0 Å². The van der Waals surface area contributed by atoms with E-state index in [-0.39, 0.29) is 16.9 Å². The summed E-state index contributed by atoms with van der Waals surface area (Å²) in [6, 6.07) is 8.33. The normalized spacial score (nSPS) is 14.6. The van der Waals surface area contributed by atoms with Crippen LogP contribution in [-0.2, 0) is 6.18 Å². The first-order valence-corrected chi connectivity index (χ1v) is 8.49. The number of carbonyl (C=O) groups is 1. The van der Waals surface area contributed by atoms with Crippen LogP contribution in [-0.4, -0.2) is 37.0 Å². The molecule has 2 aromatic carbocycles. The van der Waals surface area contributed by atoms with E-state index in [0.717, 1.165) is 24.3 Å². The summed E-state index contributed by atoms with van der Waals surface area (Å²) < 4.78 is 37.9. The van der Waals surface area contributed by atoms with Crippen LogP contribution in [0.25, 0.3) is 0 Å². The second-order valence-electron chi connectivity index (χ2n) is 6.20. The molecule has 0 radical (unpaired) electrons. The standard InChI is InChI=1S/C18H17F3N4O3/c19-18(20,21)12-4-6-13(7-5-12)23-17(26)14-2-1-3-15(16(14)25(27)28)24-10-8-22-9-11-24/h1-7,22H,8-11H2,(H,23,26). The molecule has 0 unspecified atom stereocenters. The van der Waals surface area contributed by atoms with E-state index < -0.39 is 22.6 Å². The van der Waals surface area contributed by atoms with Crippen molar-refractivity contribution in [2.24, 2.45) is 0 Å². The van der Waals surface area contributed by atoms with E-state index in [9.17, 15) is 28.1 Å². The molecule has 2 N–H and O–H groups in total. The van der Waals surface area contributed by atoms with Gasteiger partial charge in [-0.2, -0.15) is 13.2 Å². The van der Waals surface area contributed by atoms with Gasteiger partial charge in [0.05, 0.1) is 10.5 Å². The van der Waals surface area contributed by atoms with Gasteiger partial charge < -0.3 is 15.5 Å². The molecule has 10 heteroatoms. The number of hydrogen-bond donors (Lipinski definition) is 2. The summed E-state index contributed by atoms with van der Waals surface area (Å²) in [6.45, 7) is 2.45. The molecule has 0 bridgehead atoms. The zero-order valence-corrected chi connectivity index (χ0v) is 14.6. The molecule has 1 aliphatic rings. The number of piperazine rings is 1. The van der Waals surface area contributed by atoms with Crippen LogP contribution in [0.1, 0.15) is 15.9 Å². The summed E-state index contributed by atoms with van der Waals surface area (Å²) >= 11 is 0. The van der Waals surface area contributed by atoms with E-state index in [0.29, 0.717) is 31.9 Å². The highest BCUT2D eigenvalue weighted by atomic mass is 19.4. The Morgan fingerprint density at radius 2 is 1.75 bits per heavy atom. The summed E-state index contributed by atoms with van der Waals surface area (Å²) in [7, 11) is 0. The van der Waals surface area contributed by atoms with Crippen molar-refractivity contribution in [1.29, 1.82) is 0 Å². The monoisotopic (exact) mass is 394 g/mol. The SMILES string of the molecule is O=C(Nc1ccc(C(F)(F)F)cc1)c1cccc(N2CCNCC2)c1[N+](=O)[O-]. The molecule has 3 rings (SSSR count). The number of halogens is 3. The van der Waals surface area contributed by atoms with Crippen LogP contribution in [0, 0.1) is 10.1 Å². The molecule has 0 aliphatic carbocycles. The van der Waals surface area contributed by atoms with Gasteiger partial charge in [0.2, 0.25) is 0 Å². The first-order chi connectivity index (χ1) is 13.3. The van der Waals surface area contributed by atoms with Gasteiger partial charge in [0, 0.05) is 31.9 Å². The minimum Gasteiger partial charge on any atom is -0.363 e. The zero-order valence-electron chi connectivity index (χ0n) is 14.6. The molecule has 7 nitrogen and oxygen atoms in total. The van der Waals surface area contributed by atoms with Crippen LogP contribution in [0.3, 0.4) is 0 Å². The van der Waals surface area contributed by atoms with Gasteiger partial charge in [0.1, 0.15) is 11.3 Å². The van der Waals surface area contributed by atoms with Crippen molar-refractivity contribution in [3.05, 3.63) is 63.7 Å². The number of carbonyl (C=O) groups excluding carboxylic acids is 1. The Kier molecular flexibility index (Phi) is 5.50. The first-order valence-electron chi connectivity index (χ1n) is 8.49. The van der Waals surface area contributed by atoms with E-state index in [1.54, 1.807) is 12.1 Å². The second-order valence-corrected chi connectivity index (χ2v) is 6.20. The number of nitro benzene ring substituents is 1. The van der Waals surface area contributed by atoms with Crippen molar-refractivity contribution in [3.8, 4) is 0 Å². The molecule has 1 amide bonds. The van der Waals surface area contributed by atoms with Crippen molar-refractivity contribution in [2.75, 3.05) is 36.4 Å². The Hall–Kier alpha value is -3.14. The highest BCUT2D eigenvalue weighted by Crippen LogP contribution is 2.33. The van der Waals surface area contributed by atoms with Crippen molar-refractivity contribution in [1.82, 2.24) is 5.32 Å². The van der Waals surface area contributed by atoms with Crippen LogP contribution >= 0.6 is 0 Å². The fraction of sp³-hybridized carbons (Fsp3) is 0.278. The van der Waals surface area contributed by atoms with Crippen molar-refractivity contribution in [3.63, 3.8) is 0 Å². The predicted octanol–water partition coefficient (Wildman–Crippen LogP) is 3.28. The average molecular weight is 394 g/mol. The third kappa shape index (κ3) is 4.22. The third-order valence-electron chi connectivity index (χ3n) is 4.37. The molecule has 0 spiro atoms. The van der Waals surface area contributed by atoms with Crippen LogP contribution in [0.5, 0.6) is 0 Å². The van der Waals surface area contributed by atoms with E-state index in [2.05, 4.69) is 10.6 Å². The number of nitrogens with one attached hydrogen (secondary N) is 2. The highest BCUT2D eigenvalue weighted by Gasteiger charge is 2.31. The quantitative estimate of drug-likeness (QED) is 0.614. The molecule has 1 aliphatic heterocycles. The number of nitro groups is 1. The lowest BCUT2D eigenvalue weighted by Gasteiger charge is -2.29. The summed E-state index contributed by atoms with van der Waals surface area (Å²) in [5.74, 6) is -0.761. The predicted molar refractivity (Wildman–Crippen MR) is 97.6 cm³/mol. The Balaban J connectivity index is 1.88. The molecule has 2 aromatic rings. The lowest BCUT2D eigenvalue weighted by atomic mass is 10.1. The van der Waals surface area contributed by atoms with E-state index in [1.165, 1.54) is 6.07 Å². The van der Waals surface area contributed by atoms with Crippen molar-refractivity contribution >= 4 is 23.0 Å². The maximum Gasteiger partial charge on any atom is 0.416 e. The lowest BCUT2D eigenvalue weighted by molar-refractivity contribution is -0.384.